The molecule has 3 aromatic rings. The molecule has 6 fully saturated rings. The van der Waals surface area contributed by atoms with E-state index in [9.17, 15) is 9.90 Å². The second kappa shape index (κ2) is 14.2. The van der Waals surface area contributed by atoms with Gasteiger partial charge in [0.15, 0.2) is 6.29 Å². The van der Waals surface area contributed by atoms with Gasteiger partial charge in [-0.15, -0.1) is 0 Å². The standard InChI is InChI=1S/C42H53N3O4/c1-28-38(26-45-16-3-2-4-17-45)48-40(49-39(28)35-10-8-29(27-46)9-11-35)36-14-12-34(13-15-36)37-7-5-6-30(21-37)25-43-41(47)44-42-22-31-18-32(23-42)20-33(19-31)24-42/h5-15,21,28,31-33,38-40,46H,2-4,16-20,22-27H2,1H3,(H2,43,44,47)/t28-,31?,32?,33?,38+,39+,40+,42?/m0/s1. The van der Waals surface area contributed by atoms with Crippen molar-refractivity contribution in [2.45, 2.75) is 102 Å². The Kier molecular flexibility index (Phi) is 9.53. The quantitative estimate of drug-likeness (QED) is 0.217. The minimum absolute atomic E-state index is 0.0182. The van der Waals surface area contributed by atoms with Crippen LogP contribution in [0.1, 0.15) is 99.4 Å². The molecule has 3 N–H and O–H groups in total. The molecule has 2 heterocycles. The monoisotopic (exact) mass is 663 g/mol. The predicted molar refractivity (Wildman–Crippen MR) is 191 cm³/mol. The number of likely N-dealkylation sites (tertiary alicyclic amines) is 1. The van der Waals surface area contributed by atoms with E-state index < -0.39 is 6.29 Å². The normalized spacial score (nSPS) is 32.6. The Morgan fingerprint density at radius 3 is 2.16 bits per heavy atom. The lowest BCUT2D eigenvalue weighted by atomic mass is 9.53. The van der Waals surface area contributed by atoms with Gasteiger partial charge in [-0.1, -0.05) is 80.1 Å². The number of nitrogens with one attached hydrogen (secondary N) is 2. The number of piperidine rings is 1. The zero-order valence-electron chi connectivity index (χ0n) is 29.0. The lowest BCUT2D eigenvalue weighted by Crippen LogP contribution is -2.61. The molecule has 9 rings (SSSR count). The Hall–Kier alpha value is -3.23. The molecule has 0 radical (unpaired) electrons. The first-order valence-electron chi connectivity index (χ1n) is 18.9. The highest BCUT2D eigenvalue weighted by Crippen LogP contribution is 2.55. The van der Waals surface area contributed by atoms with Gasteiger partial charge in [0.2, 0.25) is 0 Å². The number of nitrogens with zero attached hydrogens (tertiary/aromatic N) is 1. The smallest absolute Gasteiger partial charge is 0.315 e. The van der Waals surface area contributed by atoms with E-state index in [-0.39, 0.29) is 36.3 Å². The molecule has 4 saturated carbocycles. The van der Waals surface area contributed by atoms with Crippen LogP contribution in [0.5, 0.6) is 0 Å². The average Bonchev–Trinajstić information content (AvgIpc) is 3.11. The molecule has 2 aliphatic heterocycles. The van der Waals surface area contributed by atoms with E-state index in [0.717, 1.165) is 90.0 Å². The van der Waals surface area contributed by atoms with Crippen LogP contribution in [0.2, 0.25) is 0 Å². The molecule has 4 bridgehead atoms. The van der Waals surface area contributed by atoms with E-state index >= 15 is 0 Å². The van der Waals surface area contributed by atoms with Gasteiger partial charge in [-0.2, -0.15) is 0 Å². The number of amides is 2. The molecular weight excluding hydrogens is 610 g/mol. The van der Waals surface area contributed by atoms with Crippen LogP contribution in [-0.4, -0.2) is 47.3 Å². The number of hydrogen-bond acceptors (Lipinski definition) is 5. The Morgan fingerprint density at radius 2 is 1.49 bits per heavy atom. The zero-order chi connectivity index (χ0) is 33.4. The summed E-state index contributed by atoms with van der Waals surface area (Å²) in [6.45, 7) is 5.95. The van der Waals surface area contributed by atoms with E-state index in [1.54, 1.807) is 0 Å². The number of aliphatic hydroxyl groups is 1. The van der Waals surface area contributed by atoms with Gasteiger partial charge in [0.1, 0.15) is 0 Å². The Bertz CT molecular complexity index is 1550. The summed E-state index contributed by atoms with van der Waals surface area (Å²) >= 11 is 0. The first kappa shape index (κ1) is 32.9. The van der Waals surface area contributed by atoms with Crippen LogP contribution in [0.4, 0.5) is 4.79 Å². The number of rotatable bonds is 9. The molecule has 3 aromatic carbocycles. The van der Waals surface area contributed by atoms with Gasteiger partial charge in [0.25, 0.3) is 0 Å². The lowest BCUT2D eigenvalue weighted by Gasteiger charge is -2.56. The third kappa shape index (κ3) is 7.32. The van der Waals surface area contributed by atoms with E-state index in [1.165, 1.54) is 38.5 Å². The minimum Gasteiger partial charge on any atom is -0.392 e. The lowest BCUT2D eigenvalue weighted by molar-refractivity contribution is -0.276. The van der Waals surface area contributed by atoms with Crippen molar-refractivity contribution in [1.82, 2.24) is 15.5 Å². The van der Waals surface area contributed by atoms with Crippen LogP contribution in [-0.2, 0) is 22.6 Å². The van der Waals surface area contributed by atoms with Crippen molar-refractivity contribution in [1.29, 1.82) is 0 Å². The van der Waals surface area contributed by atoms with Gasteiger partial charge < -0.3 is 30.1 Å². The highest BCUT2D eigenvalue weighted by molar-refractivity contribution is 5.75. The van der Waals surface area contributed by atoms with Crippen molar-refractivity contribution in [3.8, 4) is 11.1 Å². The van der Waals surface area contributed by atoms with Crippen LogP contribution in [0.25, 0.3) is 11.1 Å². The van der Waals surface area contributed by atoms with Gasteiger partial charge in [0, 0.05) is 30.1 Å². The molecule has 0 spiro atoms. The van der Waals surface area contributed by atoms with Crippen LogP contribution in [0.3, 0.4) is 0 Å². The number of carbonyl (C=O) groups is 1. The number of hydrogen-bond donors (Lipinski definition) is 3. The molecule has 260 valence electrons. The number of benzene rings is 3. The molecule has 7 nitrogen and oxygen atoms in total. The van der Waals surface area contributed by atoms with Gasteiger partial charge >= 0.3 is 6.03 Å². The molecule has 2 amide bonds. The van der Waals surface area contributed by atoms with Crippen molar-refractivity contribution in [2.75, 3.05) is 19.6 Å². The first-order valence-corrected chi connectivity index (χ1v) is 18.9. The average molecular weight is 664 g/mol. The molecular formula is C42H53N3O4. The van der Waals surface area contributed by atoms with Crippen LogP contribution in [0, 0.1) is 23.7 Å². The summed E-state index contributed by atoms with van der Waals surface area (Å²) in [5.74, 6) is 2.60. The van der Waals surface area contributed by atoms with Crippen LogP contribution >= 0.6 is 0 Å². The Balaban J connectivity index is 0.932. The van der Waals surface area contributed by atoms with E-state index in [0.29, 0.717) is 6.54 Å². The second-order valence-corrected chi connectivity index (χ2v) is 16.0. The number of carbonyl (C=O) groups excluding carboxylic acids is 1. The highest BCUT2D eigenvalue weighted by Gasteiger charge is 2.51. The SMILES string of the molecule is C[C@H]1[C@@H](CN2CCCCC2)O[C@@H](c2ccc(-c3cccc(CNC(=O)NC45CC6CC(CC(C6)C4)C5)c3)cc2)O[C@H]1c1ccc(CO)cc1. The summed E-state index contributed by atoms with van der Waals surface area (Å²) in [5, 5.41) is 16.2. The van der Waals surface area contributed by atoms with Gasteiger partial charge in [0.05, 0.1) is 18.8 Å². The third-order valence-corrected chi connectivity index (χ3v) is 12.3. The number of urea groups is 1. The van der Waals surface area contributed by atoms with Crippen molar-refractivity contribution < 1.29 is 19.4 Å². The number of ether oxygens (including phenoxy) is 2. The zero-order valence-corrected chi connectivity index (χ0v) is 29.0. The molecule has 0 unspecified atom stereocenters. The topological polar surface area (TPSA) is 83.1 Å². The fraction of sp³-hybridized carbons (Fsp3) is 0.548. The molecule has 4 atom stereocenters. The Morgan fingerprint density at radius 1 is 0.816 bits per heavy atom. The summed E-state index contributed by atoms with van der Waals surface area (Å²) in [6.07, 6.45) is 10.9. The largest absolute Gasteiger partial charge is 0.392 e. The maximum absolute atomic E-state index is 13.1. The van der Waals surface area contributed by atoms with Gasteiger partial charge in [-0.3, -0.25) is 0 Å². The summed E-state index contributed by atoms with van der Waals surface area (Å²) in [5.41, 5.74) is 6.38. The fourth-order valence-electron chi connectivity index (χ4n) is 10.1. The van der Waals surface area contributed by atoms with E-state index in [4.69, 9.17) is 9.47 Å². The van der Waals surface area contributed by atoms with Gasteiger partial charge in [-0.05, 0) is 116 Å². The van der Waals surface area contributed by atoms with E-state index in [1.807, 2.05) is 12.1 Å². The van der Waals surface area contributed by atoms with Crippen molar-refractivity contribution in [3.63, 3.8) is 0 Å². The Labute approximate surface area is 291 Å². The third-order valence-electron chi connectivity index (χ3n) is 12.3. The van der Waals surface area contributed by atoms with E-state index in [2.05, 4.69) is 83.1 Å². The summed E-state index contributed by atoms with van der Waals surface area (Å²) in [6, 6.07) is 25.2. The van der Waals surface area contributed by atoms with Gasteiger partial charge in [-0.25, -0.2) is 4.79 Å². The maximum Gasteiger partial charge on any atom is 0.315 e. The predicted octanol–water partition coefficient (Wildman–Crippen LogP) is 7.89. The molecule has 4 aliphatic carbocycles. The summed E-state index contributed by atoms with van der Waals surface area (Å²) in [7, 11) is 0. The summed E-state index contributed by atoms with van der Waals surface area (Å²) in [4.78, 5) is 15.6. The maximum atomic E-state index is 13.1. The minimum atomic E-state index is -0.467. The van der Waals surface area contributed by atoms with Crippen LogP contribution in [0.15, 0.2) is 72.8 Å². The molecule has 0 aromatic heterocycles. The van der Waals surface area contributed by atoms with Crippen molar-refractivity contribution in [2.24, 2.45) is 23.7 Å². The molecule has 2 saturated heterocycles. The second-order valence-electron chi connectivity index (χ2n) is 16.0. The first-order chi connectivity index (χ1) is 23.9. The molecule has 7 heteroatoms. The van der Waals surface area contributed by atoms with Crippen molar-refractivity contribution >= 4 is 6.03 Å². The van der Waals surface area contributed by atoms with Crippen LogP contribution < -0.4 is 10.6 Å². The molecule has 49 heavy (non-hydrogen) atoms. The highest BCUT2D eigenvalue weighted by atomic mass is 16.7. The fourth-order valence-corrected chi connectivity index (χ4v) is 10.1. The number of aliphatic hydroxyl groups excluding tert-OH is 1. The van der Waals surface area contributed by atoms with Crippen molar-refractivity contribution in [3.05, 3.63) is 95.1 Å². The summed E-state index contributed by atoms with van der Waals surface area (Å²) < 4.78 is 13.5. The molecule has 6 aliphatic rings.